The van der Waals surface area contributed by atoms with E-state index in [2.05, 4.69) is 21.8 Å². The van der Waals surface area contributed by atoms with Crippen molar-refractivity contribution in [1.82, 2.24) is 19.2 Å². The van der Waals surface area contributed by atoms with Gasteiger partial charge in [-0.3, -0.25) is 9.59 Å². The van der Waals surface area contributed by atoms with E-state index in [-0.39, 0.29) is 34.9 Å². The molecule has 3 heterocycles. The average molecular weight is 595 g/mol. The van der Waals surface area contributed by atoms with Crippen molar-refractivity contribution in [3.8, 4) is 5.75 Å². The molecule has 5 rings (SSSR count). The first-order chi connectivity index (χ1) is 20.0. The van der Waals surface area contributed by atoms with Crippen molar-refractivity contribution in [2.75, 3.05) is 20.2 Å². The van der Waals surface area contributed by atoms with Crippen molar-refractivity contribution in [3.63, 3.8) is 0 Å². The second-order valence-corrected chi connectivity index (χ2v) is 12.7. The Morgan fingerprint density at radius 1 is 1.12 bits per heavy atom. The third kappa shape index (κ3) is 5.46. The fourth-order valence-electron chi connectivity index (χ4n) is 6.06. The maximum Gasteiger partial charge on any atom is 0.256 e. The van der Waals surface area contributed by atoms with Gasteiger partial charge in [-0.2, -0.15) is 4.31 Å². The lowest BCUT2D eigenvalue weighted by Gasteiger charge is -2.35. The molecular formula is C31H35FN4O5S. The Labute approximate surface area is 244 Å². The number of sulfonamides is 1. The van der Waals surface area contributed by atoms with Crippen LogP contribution in [0.1, 0.15) is 53.1 Å². The highest BCUT2D eigenvalue weighted by atomic mass is 32.2. The minimum absolute atomic E-state index is 0.00705. The molecule has 222 valence electrons. The highest BCUT2D eigenvalue weighted by Crippen LogP contribution is 2.36. The molecule has 1 saturated heterocycles. The number of H-pyrrole nitrogens is 1. The van der Waals surface area contributed by atoms with E-state index >= 15 is 0 Å². The molecule has 9 nitrogen and oxygen atoms in total. The molecule has 0 unspecified atom stereocenters. The van der Waals surface area contributed by atoms with Crippen LogP contribution in [0.4, 0.5) is 4.39 Å². The number of aryl methyl sites for hydroxylation is 1. The van der Waals surface area contributed by atoms with Crippen LogP contribution in [0.3, 0.4) is 0 Å². The molecule has 0 saturated carbocycles. The first-order valence-electron chi connectivity index (χ1n) is 13.9. The Balaban J connectivity index is 1.37. The van der Waals surface area contributed by atoms with E-state index in [1.54, 1.807) is 13.0 Å². The molecule has 1 atom stereocenters. The monoisotopic (exact) mass is 594 g/mol. The number of fused-ring (bicyclic) bond motifs is 1. The minimum atomic E-state index is -3.71. The second kappa shape index (κ2) is 11.7. The van der Waals surface area contributed by atoms with Gasteiger partial charge in [0.2, 0.25) is 10.0 Å². The smallest absolute Gasteiger partial charge is 0.256 e. The van der Waals surface area contributed by atoms with E-state index in [0.29, 0.717) is 48.5 Å². The summed E-state index contributed by atoms with van der Waals surface area (Å²) in [5.41, 5.74) is 2.95. The lowest BCUT2D eigenvalue weighted by atomic mass is 9.91. The van der Waals surface area contributed by atoms with E-state index < -0.39 is 15.8 Å². The molecule has 0 bridgehead atoms. The number of carbonyl (C=O) groups excluding carboxylic acids is 1. The summed E-state index contributed by atoms with van der Waals surface area (Å²) in [6, 6.07) is 14.3. The number of ether oxygens (including phenoxy) is 1. The number of aromatic nitrogens is 2. The summed E-state index contributed by atoms with van der Waals surface area (Å²) < 4.78 is 48.6. The summed E-state index contributed by atoms with van der Waals surface area (Å²) in [6.07, 6.45) is 1.29. The SMILES string of the molecule is COc1cc(C)[nH]c(=O)c1CNC(=O)c1c(C)n([C@H](C)C2CCN(S(=O)(=O)c3ccc(F)cc3)CC2)c2ccccc12. The molecule has 0 spiro atoms. The van der Waals surface area contributed by atoms with Gasteiger partial charge in [0.25, 0.3) is 11.5 Å². The largest absolute Gasteiger partial charge is 0.496 e. The van der Waals surface area contributed by atoms with Crippen LogP contribution >= 0.6 is 0 Å². The van der Waals surface area contributed by atoms with Gasteiger partial charge in [-0.1, -0.05) is 18.2 Å². The number of amides is 1. The van der Waals surface area contributed by atoms with Crippen molar-refractivity contribution in [3.05, 3.63) is 93.3 Å². The summed E-state index contributed by atoms with van der Waals surface area (Å²) in [5.74, 6) is -0.188. The van der Waals surface area contributed by atoms with E-state index in [0.717, 1.165) is 28.7 Å². The third-order valence-electron chi connectivity index (χ3n) is 8.30. The van der Waals surface area contributed by atoms with Crippen LogP contribution in [-0.4, -0.2) is 48.4 Å². The Bertz CT molecular complexity index is 1790. The summed E-state index contributed by atoms with van der Waals surface area (Å²) in [4.78, 5) is 29.0. The molecule has 42 heavy (non-hydrogen) atoms. The van der Waals surface area contributed by atoms with Crippen LogP contribution in [0.2, 0.25) is 0 Å². The number of nitrogens with zero attached hydrogens (tertiary/aromatic N) is 2. The molecule has 2 aromatic carbocycles. The van der Waals surface area contributed by atoms with Crippen LogP contribution in [0, 0.1) is 25.6 Å². The van der Waals surface area contributed by atoms with Crippen molar-refractivity contribution < 1.29 is 22.3 Å². The Morgan fingerprint density at radius 3 is 2.45 bits per heavy atom. The fraction of sp³-hybridized carbons (Fsp3) is 0.355. The van der Waals surface area contributed by atoms with Gasteiger partial charge in [0.1, 0.15) is 11.6 Å². The van der Waals surface area contributed by atoms with Crippen LogP contribution in [0.25, 0.3) is 10.9 Å². The Hall–Kier alpha value is -3.96. The predicted molar refractivity (Wildman–Crippen MR) is 159 cm³/mol. The third-order valence-corrected chi connectivity index (χ3v) is 10.2. The number of methoxy groups -OCH3 is 1. The van der Waals surface area contributed by atoms with Gasteiger partial charge < -0.3 is 19.6 Å². The van der Waals surface area contributed by atoms with Gasteiger partial charge in [-0.25, -0.2) is 12.8 Å². The van der Waals surface area contributed by atoms with Crippen LogP contribution in [0.5, 0.6) is 5.75 Å². The number of carbonyl (C=O) groups is 1. The summed E-state index contributed by atoms with van der Waals surface area (Å²) in [5, 5.41) is 3.71. The number of halogens is 1. The van der Waals surface area contributed by atoms with E-state index in [1.165, 1.54) is 23.5 Å². The number of benzene rings is 2. The molecule has 2 N–H and O–H groups in total. The standard InChI is InChI=1S/C31H35FN4O5S/c1-19-17-28(41-4)26(30(37)34-19)18-33-31(38)29-21(3)36(27-8-6-5-7-25(27)29)20(2)22-13-15-35(16-14-22)42(39,40)24-11-9-23(32)10-12-24/h5-12,17,20,22H,13-16,18H2,1-4H3,(H,33,38)(H,34,37)/t20-/m1/s1. The molecule has 2 aromatic heterocycles. The van der Waals surface area contributed by atoms with Crippen LogP contribution < -0.4 is 15.6 Å². The minimum Gasteiger partial charge on any atom is -0.496 e. The van der Waals surface area contributed by atoms with Gasteiger partial charge in [0.15, 0.2) is 0 Å². The molecule has 0 radical (unpaired) electrons. The molecule has 1 amide bonds. The van der Waals surface area contributed by atoms with Gasteiger partial charge in [0.05, 0.1) is 29.7 Å². The number of hydrogen-bond donors (Lipinski definition) is 2. The number of hydrogen-bond acceptors (Lipinski definition) is 5. The van der Waals surface area contributed by atoms with Gasteiger partial charge in [0, 0.05) is 41.4 Å². The number of nitrogens with one attached hydrogen (secondary N) is 2. The van der Waals surface area contributed by atoms with E-state index in [4.69, 9.17) is 4.74 Å². The zero-order valence-corrected chi connectivity index (χ0v) is 24.9. The van der Waals surface area contributed by atoms with E-state index in [9.17, 15) is 22.4 Å². The number of pyridine rings is 1. The van der Waals surface area contributed by atoms with Crippen molar-refractivity contribution in [2.45, 2.75) is 51.1 Å². The molecule has 11 heteroatoms. The quantitative estimate of drug-likeness (QED) is 0.308. The number of piperidine rings is 1. The first-order valence-corrected chi connectivity index (χ1v) is 15.4. The molecule has 0 aliphatic carbocycles. The number of aromatic amines is 1. The lowest BCUT2D eigenvalue weighted by molar-refractivity contribution is 0.0951. The topological polar surface area (TPSA) is 114 Å². The predicted octanol–water partition coefficient (Wildman–Crippen LogP) is 4.69. The van der Waals surface area contributed by atoms with Gasteiger partial charge >= 0.3 is 0 Å². The Morgan fingerprint density at radius 2 is 1.79 bits per heavy atom. The number of rotatable bonds is 8. The van der Waals surface area contributed by atoms with Crippen molar-refractivity contribution in [1.29, 1.82) is 0 Å². The summed E-state index contributed by atoms with van der Waals surface area (Å²) in [7, 11) is -2.22. The highest BCUT2D eigenvalue weighted by molar-refractivity contribution is 7.89. The molecule has 1 aliphatic rings. The summed E-state index contributed by atoms with van der Waals surface area (Å²) in [6.45, 7) is 6.50. The maximum absolute atomic E-state index is 13.6. The van der Waals surface area contributed by atoms with Crippen LogP contribution in [0.15, 0.2) is 64.3 Å². The second-order valence-electron chi connectivity index (χ2n) is 10.8. The highest BCUT2D eigenvalue weighted by Gasteiger charge is 2.33. The zero-order chi connectivity index (χ0) is 30.2. The molecule has 4 aromatic rings. The number of para-hydroxylation sites is 1. The average Bonchev–Trinajstić information content (AvgIpc) is 3.27. The summed E-state index contributed by atoms with van der Waals surface area (Å²) >= 11 is 0. The van der Waals surface area contributed by atoms with Crippen molar-refractivity contribution >= 4 is 26.8 Å². The first kappa shape index (κ1) is 29.5. The van der Waals surface area contributed by atoms with Crippen molar-refractivity contribution in [2.24, 2.45) is 5.92 Å². The molecular weight excluding hydrogens is 559 g/mol. The Kier molecular flexibility index (Phi) is 8.25. The van der Waals surface area contributed by atoms with Gasteiger partial charge in [-0.05, 0) is 75.9 Å². The van der Waals surface area contributed by atoms with Gasteiger partial charge in [-0.15, -0.1) is 0 Å². The molecule has 1 fully saturated rings. The lowest BCUT2D eigenvalue weighted by Crippen LogP contribution is -2.40. The van der Waals surface area contributed by atoms with E-state index in [1.807, 2.05) is 31.2 Å². The molecule has 1 aliphatic heterocycles. The normalized spacial score (nSPS) is 15.5. The van der Waals surface area contributed by atoms with Crippen LogP contribution in [-0.2, 0) is 16.6 Å². The zero-order valence-electron chi connectivity index (χ0n) is 24.1. The fourth-order valence-corrected chi connectivity index (χ4v) is 7.53. The maximum atomic E-state index is 13.6.